The van der Waals surface area contributed by atoms with E-state index in [1.54, 1.807) is 13.0 Å². The number of carbonyl (C=O) groups is 1. The molecular formula is C23H18O. The number of hydrogen-bond donors (Lipinski definition) is 0. The summed E-state index contributed by atoms with van der Waals surface area (Å²) >= 11 is 0. The second-order valence-electron chi connectivity index (χ2n) is 6.22. The Morgan fingerprint density at radius 3 is 2.21 bits per heavy atom. The van der Waals surface area contributed by atoms with E-state index < -0.39 is 0 Å². The molecule has 0 atom stereocenters. The van der Waals surface area contributed by atoms with Gasteiger partial charge in [0.25, 0.3) is 0 Å². The van der Waals surface area contributed by atoms with Crippen molar-refractivity contribution in [1.29, 1.82) is 0 Å². The van der Waals surface area contributed by atoms with Crippen LogP contribution in [0.1, 0.15) is 12.5 Å². The van der Waals surface area contributed by atoms with Crippen LogP contribution in [0.5, 0.6) is 0 Å². The van der Waals surface area contributed by atoms with Crippen LogP contribution >= 0.6 is 0 Å². The van der Waals surface area contributed by atoms with Crippen molar-refractivity contribution in [3.8, 4) is 0 Å². The van der Waals surface area contributed by atoms with Gasteiger partial charge in [0.1, 0.15) is 0 Å². The van der Waals surface area contributed by atoms with Gasteiger partial charge in [0, 0.05) is 0 Å². The van der Waals surface area contributed by atoms with E-state index in [4.69, 9.17) is 0 Å². The molecule has 0 radical (unpaired) electrons. The molecule has 0 aromatic heterocycles. The zero-order valence-electron chi connectivity index (χ0n) is 13.6. The van der Waals surface area contributed by atoms with Crippen LogP contribution in [0.3, 0.4) is 0 Å². The highest BCUT2D eigenvalue weighted by atomic mass is 16.1. The van der Waals surface area contributed by atoms with E-state index in [2.05, 4.69) is 66.7 Å². The van der Waals surface area contributed by atoms with Gasteiger partial charge in [-0.1, -0.05) is 60.7 Å². The lowest BCUT2D eigenvalue weighted by Crippen LogP contribution is -1.89. The second kappa shape index (κ2) is 5.93. The highest BCUT2D eigenvalue weighted by molar-refractivity contribution is 6.13. The fourth-order valence-corrected chi connectivity index (χ4v) is 3.39. The van der Waals surface area contributed by atoms with Crippen molar-refractivity contribution in [3.05, 3.63) is 84.4 Å². The number of allylic oxidation sites excluding steroid dienone is 2. The molecule has 0 aliphatic rings. The van der Waals surface area contributed by atoms with Crippen LogP contribution in [0.15, 0.2) is 78.9 Å². The second-order valence-corrected chi connectivity index (χ2v) is 6.22. The molecule has 1 heteroatoms. The van der Waals surface area contributed by atoms with E-state index in [0.717, 1.165) is 6.42 Å². The fraction of sp³-hybridized carbons (Fsp3) is 0.0870. The molecule has 0 heterocycles. The molecule has 0 N–H and O–H groups in total. The smallest absolute Gasteiger partial charge is 0.152 e. The highest BCUT2D eigenvalue weighted by Crippen LogP contribution is 2.32. The van der Waals surface area contributed by atoms with Crippen LogP contribution in [0.25, 0.3) is 32.3 Å². The first-order valence-electron chi connectivity index (χ1n) is 8.22. The third-order valence-corrected chi connectivity index (χ3v) is 4.50. The molecule has 0 saturated heterocycles. The summed E-state index contributed by atoms with van der Waals surface area (Å²) in [6.45, 7) is 1.58. The van der Waals surface area contributed by atoms with Crippen molar-refractivity contribution in [2.75, 3.05) is 0 Å². The minimum atomic E-state index is 0.0890. The van der Waals surface area contributed by atoms with Crippen LogP contribution in [-0.2, 0) is 11.2 Å². The molecule has 4 aromatic carbocycles. The van der Waals surface area contributed by atoms with Crippen LogP contribution in [0.4, 0.5) is 0 Å². The van der Waals surface area contributed by atoms with Gasteiger partial charge < -0.3 is 0 Å². The lowest BCUT2D eigenvalue weighted by atomic mass is 9.93. The summed E-state index contributed by atoms with van der Waals surface area (Å²) in [7, 11) is 0. The van der Waals surface area contributed by atoms with Gasteiger partial charge in [-0.05, 0) is 69.4 Å². The van der Waals surface area contributed by atoms with Gasteiger partial charge in [-0.25, -0.2) is 0 Å². The Balaban J connectivity index is 2.01. The van der Waals surface area contributed by atoms with E-state index in [0.29, 0.717) is 0 Å². The van der Waals surface area contributed by atoms with Gasteiger partial charge in [0.15, 0.2) is 5.78 Å². The van der Waals surface area contributed by atoms with Crippen molar-refractivity contribution >= 4 is 38.1 Å². The largest absolute Gasteiger partial charge is 0.295 e. The van der Waals surface area contributed by atoms with Crippen molar-refractivity contribution in [3.63, 3.8) is 0 Å². The molecule has 0 aliphatic heterocycles. The Labute approximate surface area is 141 Å². The zero-order valence-corrected chi connectivity index (χ0v) is 13.6. The van der Waals surface area contributed by atoms with E-state index in [1.807, 2.05) is 6.08 Å². The lowest BCUT2D eigenvalue weighted by molar-refractivity contribution is -0.112. The van der Waals surface area contributed by atoms with E-state index in [-0.39, 0.29) is 5.78 Å². The minimum absolute atomic E-state index is 0.0890. The summed E-state index contributed by atoms with van der Waals surface area (Å²) in [6, 6.07) is 23.8. The molecule has 0 aliphatic carbocycles. The SMILES string of the molecule is CC(=O)/C=C/Cc1cc2cc3ccccc3cc2c2ccccc12. The Morgan fingerprint density at radius 2 is 1.46 bits per heavy atom. The molecule has 0 saturated carbocycles. The Bertz CT molecular complexity index is 1100. The van der Waals surface area contributed by atoms with Crippen LogP contribution in [-0.4, -0.2) is 5.78 Å². The maximum Gasteiger partial charge on any atom is 0.152 e. The van der Waals surface area contributed by atoms with Crippen LogP contribution in [0, 0.1) is 0 Å². The van der Waals surface area contributed by atoms with E-state index in [1.165, 1.54) is 37.9 Å². The third kappa shape index (κ3) is 2.59. The standard InChI is InChI=1S/C23H18O/c1-16(24)7-6-10-19-14-20-13-17-8-2-3-9-18(17)15-23(20)22-12-5-4-11-21(19)22/h2-9,11-15H,10H2,1H3/b7-6+. The first-order valence-corrected chi connectivity index (χ1v) is 8.22. The molecular weight excluding hydrogens is 292 g/mol. The maximum absolute atomic E-state index is 11.2. The molecule has 0 bridgehead atoms. The summed E-state index contributed by atoms with van der Waals surface area (Å²) in [5.41, 5.74) is 1.26. The number of fused-ring (bicyclic) bond motifs is 4. The molecule has 0 unspecified atom stereocenters. The number of ketones is 1. The van der Waals surface area contributed by atoms with Gasteiger partial charge >= 0.3 is 0 Å². The van der Waals surface area contributed by atoms with Crippen LogP contribution in [0.2, 0.25) is 0 Å². The first-order chi connectivity index (χ1) is 11.7. The minimum Gasteiger partial charge on any atom is -0.295 e. The quantitative estimate of drug-likeness (QED) is 0.264. The Kier molecular flexibility index (Phi) is 3.62. The summed E-state index contributed by atoms with van der Waals surface area (Å²) in [6.07, 6.45) is 4.37. The average molecular weight is 310 g/mol. The van der Waals surface area contributed by atoms with Crippen molar-refractivity contribution in [1.82, 2.24) is 0 Å². The van der Waals surface area contributed by atoms with Crippen molar-refractivity contribution in [2.24, 2.45) is 0 Å². The number of rotatable bonds is 3. The predicted octanol–water partition coefficient (Wildman–Crippen LogP) is 5.83. The Morgan fingerprint density at radius 1 is 0.792 bits per heavy atom. The third-order valence-electron chi connectivity index (χ3n) is 4.50. The molecule has 4 rings (SSSR count). The van der Waals surface area contributed by atoms with Gasteiger partial charge in [0.05, 0.1) is 0 Å². The summed E-state index contributed by atoms with van der Waals surface area (Å²) in [5, 5.41) is 7.58. The molecule has 0 spiro atoms. The first kappa shape index (κ1) is 14.6. The molecule has 116 valence electrons. The van der Waals surface area contributed by atoms with Crippen molar-refractivity contribution in [2.45, 2.75) is 13.3 Å². The average Bonchev–Trinajstić information content (AvgIpc) is 2.60. The molecule has 4 aromatic rings. The number of carbonyl (C=O) groups excluding carboxylic acids is 1. The summed E-state index contributed by atoms with van der Waals surface area (Å²) in [5.74, 6) is 0.0890. The van der Waals surface area contributed by atoms with Crippen molar-refractivity contribution < 1.29 is 4.79 Å². The molecule has 0 amide bonds. The van der Waals surface area contributed by atoms with E-state index >= 15 is 0 Å². The van der Waals surface area contributed by atoms with Gasteiger partial charge in [-0.15, -0.1) is 0 Å². The fourth-order valence-electron chi connectivity index (χ4n) is 3.39. The van der Waals surface area contributed by atoms with Crippen LogP contribution < -0.4 is 0 Å². The number of hydrogen-bond acceptors (Lipinski definition) is 1. The monoisotopic (exact) mass is 310 g/mol. The molecule has 1 nitrogen and oxygen atoms in total. The topological polar surface area (TPSA) is 17.1 Å². The molecule has 24 heavy (non-hydrogen) atoms. The zero-order chi connectivity index (χ0) is 16.5. The molecule has 0 fully saturated rings. The van der Waals surface area contributed by atoms with Gasteiger partial charge in [0.2, 0.25) is 0 Å². The number of benzene rings is 4. The summed E-state index contributed by atoms with van der Waals surface area (Å²) in [4.78, 5) is 11.2. The normalized spacial score (nSPS) is 11.7. The predicted molar refractivity (Wildman–Crippen MR) is 102 cm³/mol. The highest BCUT2D eigenvalue weighted by Gasteiger charge is 2.07. The summed E-state index contributed by atoms with van der Waals surface area (Å²) < 4.78 is 0. The lowest BCUT2D eigenvalue weighted by Gasteiger charge is -2.11. The van der Waals surface area contributed by atoms with E-state index in [9.17, 15) is 4.79 Å². The maximum atomic E-state index is 11.2. The van der Waals surface area contributed by atoms with Gasteiger partial charge in [-0.2, -0.15) is 0 Å². The van der Waals surface area contributed by atoms with Gasteiger partial charge in [-0.3, -0.25) is 4.79 Å². The Hall–Kier alpha value is -2.93.